The number of hydrogen-bond acceptors (Lipinski definition) is 15. The third-order valence-corrected chi connectivity index (χ3v) is 8.43. The van der Waals surface area contributed by atoms with Gasteiger partial charge >= 0.3 is 18.0 Å². The fourth-order valence-electron chi connectivity index (χ4n) is 4.75. The molecule has 0 unspecified atom stereocenters. The van der Waals surface area contributed by atoms with E-state index in [-0.39, 0.29) is 5.91 Å². The molecule has 0 aromatic carbocycles. The maximum atomic E-state index is 11.7. The molecule has 0 N–H and O–H groups in total. The SMILES string of the molecule is CCC.CCC.CCC.CCC.CCC.COc1cc(C(C)C)nc(OC)n1.COc1nc(Cl)cc(C(C)C)n1.COc1nccc(C(C)C)n1.Cc1cc(C(C)C)nc(C)n1.Cc1nc(C(=O)N(C)C)cc(C(C)C)n1. The third kappa shape index (κ3) is 42.1. The predicted octanol–water partition coefficient (Wildman–Crippen LogP) is 16.4. The van der Waals surface area contributed by atoms with Crippen molar-refractivity contribution in [3.63, 3.8) is 0 Å². The number of carbonyl (C=O) groups excluding carboxylic acids is 1. The number of hydrogen-bond donors (Lipinski definition) is 0. The number of rotatable bonds is 10. The Morgan fingerprint density at radius 2 is 0.805 bits per heavy atom. The quantitative estimate of drug-likeness (QED) is 0.120. The number of carbonyl (C=O) groups is 1. The van der Waals surface area contributed by atoms with E-state index in [0.717, 1.165) is 40.0 Å². The highest BCUT2D eigenvalue weighted by Gasteiger charge is 2.14. The van der Waals surface area contributed by atoms with Gasteiger partial charge in [-0.1, -0.05) is 182 Å². The van der Waals surface area contributed by atoms with Crippen molar-refractivity contribution in [3.8, 4) is 23.9 Å². The van der Waals surface area contributed by atoms with Gasteiger partial charge in [0.1, 0.15) is 22.5 Å². The van der Waals surface area contributed by atoms with Gasteiger partial charge in [0.25, 0.3) is 5.91 Å². The van der Waals surface area contributed by atoms with Crippen molar-refractivity contribution in [3.05, 3.63) is 93.2 Å². The van der Waals surface area contributed by atoms with Crippen molar-refractivity contribution >= 4 is 17.5 Å². The van der Waals surface area contributed by atoms with Crippen LogP contribution in [0.3, 0.4) is 0 Å². The minimum absolute atomic E-state index is 0.0811. The minimum Gasteiger partial charge on any atom is -0.481 e. The van der Waals surface area contributed by atoms with E-state index in [1.54, 1.807) is 60.7 Å². The zero-order valence-corrected chi connectivity index (χ0v) is 54.5. The van der Waals surface area contributed by atoms with Crippen LogP contribution in [0.4, 0.5) is 0 Å². The normalized spacial score (nSPS) is 9.55. The van der Waals surface area contributed by atoms with Crippen LogP contribution >= 0.6 is 11.6 Å². The van der Waals surface area contributed by atoms with Crippen molar-refractivity contribution in [2.24, 2.45) is 0 Å². The van der Waals surface area contributed by atoms with E-state index < -0.39 is 0 Å². The van der Waals surface area contributed by atoms with E-state index in [0.29, 0.717) is 70.2 Å². The summed E-state index contributed by atoms with van der Waals surface area (Å²) in [4.78, 5) is 54.4. The van der Waals surface area contributed by atoms with Gasteiger partial charge in [0.05, 0.1) is 45.5 Å². The van der Waals surface area contributed by atoms with Gasteiger partial charge in [-0.15, -0.1) is 0 Å². The molecule has 17 heteroatoms. The van der Waals surface area contributed by atoms with Gasteiger partial charge in [0.15, 0.2) is 0 Å². The summed E-state index contributed by atoms with van der Waals surface area (Å²) in [5.41, 5.74) is 6.40. The molecule has 77 heavy (non-hydrogen) atoms. The molecular weight excluding hydrogens is 990 g/mol. The topological polar surface area (TPSA) is 186 Å². The fraction of sp³-hybridized carbons (Fsp3) is 0.650. The first kappa shape index (κ1) is 80.2. The maximum absolute atomic E-state index is 11.7. The Morgan fingerprint density at radius 1 is 0.455 bits per heavy atom. The van der Waals surface area contributed by atoms with Crippen LogP contribution in [0.1, 0.15) is 256 Å². The number of ether oxygens (including phenoxy) is 4. The Hall–Kier alpha value is -5.64. The van der Waals surface area contributed by atoms with Crippen molar-refractivity contribution in [1.82, 2.24) is 54.7 Å². The Morgan fingerprint density at radius 3 is 1.17 bits per heavy atom. The van der Waals surface area contributed by atoms with Crippen LogP contribution < -0.4 is 18.9 Å². The average molecular weight is 1100 g/mol. The molecule has 0 aliphatic carbocycles. The van der Waals surface area contributed by atoms with Crippen LogP contribution in [-0.4, -0.2) is 103 Å². The summed E-state index contributed by atoms with van der Waals surface area (Å²) in [5.74, 6) is 3.87. The zero-order chi connectivity index (χ0) is 60.8. The highest BCUT2D eigenvalue weighted by atomic mass is 35.5. The Balaban J connectivity index is -0.000000264. The van der Waals surface area contributed by atoms with E-state index in [4.69, 9.17) is 30.5 Å². The molecule has 5 rings (SSSR count). The monoisotopic (exact) mass is 1100 g/mol. The number of amides is 1. The lowest BCUT2D eigenvalue weighted by Crippen LogP contribution is -2.23. The van der Waals surface area contributed by atoms with Crippen molar-refractivity contribution in [2.75, 3.05) is 42.5 Å². The molecule has 0 spiro atoms. The lowest BCUT2D eigenvalue weighted by Gasteiger charge is -2.12. The second kappa shape index (κ2) is 49.9. The van der Waals surface area contributed by atoms with Crippen molar-refractivity contribution < 1.29 is 23.7 Å². The molecule has 0 aliphatic heterocycles. The van der Waals surface area contributed by atoms with E-state index >= 15 is 0 Å². The summed E-state index contributed by atoms with van der Waals surface area (Å²) < 4.78 is 19.7. The molecule has 0 fully saturated rings. The number of halogens is 1. The predicted molar refractivity (Wildman–Crippen MR) is 324 cm³/mol. The van der Waals surface area contributed by atoms with Crippen molar-refractivity contribution in [2.45, 2.75) is 221 Å². The molecule has 440 valence electrons. The fourth-order valence-corrected chi connectivity index (χ4v) is 4.94. The molecule has 0 saturated carbocycles. The van der Waals surface area contributed by atoms with Crippen LogP contribution in [0.5, 0.6) is 23.9 Å². The van der Waals surface area contributed by atoms with Gasteiger partial charge in [0.2, 0.25) is 5.88 Å². The van der Waals surface area contributed by atoms with Gasteiger partial charge in [0, 0.05) is 43.4 Å². The zero-order valence-electron chi connectivity index (χ0n) is 53.7. The molecule has 0 atom stereocenters. The summed E-state index contributed by atoms with van der Waals surface area (Å²) in [6.07, 6.45) is 7.96. The Bertz CT molecular complexity index is 2150. The van der Waals surface area contributed by atoms with Gasteiger partial charge in [-0.2, -0.15) is 19.9 Å². The van der Waals surface area contributed by atoms with Crippen LogP contribution in [-0.2, 0) is 0 Å². The second-order valence-corrected chi connectivity index (χ2v) is 19.5. The number of methoxy groups -OCH3 is 4. The number of nitrogens with zero attached hydrogens (tertiary/aromatic N) is 11. The molecule has 5 aromatic heterocycles. The number of aromatic nitrogens is 10. The van der Waals surface area contributed by atoms with Crippen LogP contribution in [0.15, 0.2) is 36.5 Å². The molecule has 0 bridgehead atoms. The largest absolute Gasteiger partial charge is 0.481 e. The molecule has 5 heterocycles. The molecule has 0 aliphatic rings. The van der Waals surface area contributed by atoms with E-state index in [1.165, 1.54) is 44.1 Å². The first-order chi connectivity index (χ1) is 36.1. The van der Waals surface area contributed by atoms with Gasteiger partial charge in [-0.3, -0.25) is 4.79 Å². The second-order valence-electron chi connectivity index (χ2n) is 19.1. The average Bonchev–Trinajstić information content (AvgIpc) is 3.37. The summed E-state index contributed by atoms with van der Waals surface area (Å²) in [7, 11) is 9.64. The molecule has 0 radical (unpaired) electrons. The lowest BCUT2D eigenvalue weighted by atomic mass is 10.1. The van der Waals surface area contributed by atoms with Gasteiger partial charge < -0.3 is 23.8 Å². The maximum Gasteiger partial charge on any atom is 0.319 e. The molecule has 16 nitrogen and oxygen atoms in total. The van der Waals surface area contributed by atoms with Crippen molar-refractivity contribution in [1.29, 1.82) is 0 Å². The Kier molecular flexibility index (Phi) is 52.0. The van der Waals surface area contributed by atoms with Crippen LogP contribution in [0.25, 0.3) is 0 Å². The summed E-state index contributed by atoms with van der Waals surface area (Å²) in [5, 5.41) is 0.422. The summed E-state index contributed by atoms with van der Waals surface area (Å²) in [6, 6.07) is 10.4. The number of aryl methyl sites for hydroxylation is 3. The molecule has 0 saturated heterocycles. The van der Waals surface area contributed by atoms with E-state index in [1.807, 2.05) is 59.7 Å². The third-order valence-electron chi connectivity index (χ3n) is 8.23. The van der Waals surface area contributed by atoms with Gasteiger partial charge in [-0.25, -0.2) is 29.9 Å². The summed E-state index contributed by atoms with van der Waals surface area (Å²) in [6.45, 7) is 47.7. The molecule has 1 amide bonds. The van der Waals surface area contributed by atoms with Crippen LogP contribution in [0, 0.1) is 20.8 Å². The first-order valence-electron chi connectivity index (χ1n) is 27.4. The highest BCUT2D eigenvalue weighted by molar-refractivity contribution is 6.29. The standard InChI is InChI=1S/C11H17N3O.C9H14N2O2.C9H14N2.C8H11ClN2O.C8H12N2O.5C3H8/c1-7(2)9-6-10(11(15)14(4)5)13-8(3)12-9;1-6(2)7-5-8(12-3)11-9(10-7)13-4;1-6(2)9-5-7(3)10-8(4)11-9;1-5(2)6-4-7(9)11-8(10-6)12-3;1-6(2)7-4-5-9-8(10-7)11-3;5*1-3-2/h6-7H,1-5H3;5-6H,1-4H3;5-6H,1-4H3;4-5H,1-3H3;4-6H,1-3H3;5*3H2,1-2H3. The Labute approximate surface area is 474 Å². The highest BCUT2D eigenvalue weighted by Crippen LogP contribution is 2.20. The molecular formula is C60H108ClN11O5. The van der Waals surface area contributed by atoms with Crippen LogP contribution in [0.2, 0.25) is 5.15 Å². The molecule has 5 aromatic rings. The minimum atomic E-state index is -0.0811. The lowest BCUT2D eigenvalue weighted by molar-refractivity contribution is 0.0821. The summed E-state index contributed by atoms with van der Waals surface area (Å²) >= 11 is 5.74. The first-order valence-corrected chi connectivity index (χ1v) is 27.8. The van der Waals surface area contributed by atoms with E-state index in [9.17, 15) is 4.79 Å². The van der Waals surface area contributed by atoms with E-state index in [2.05, 4.69) is 161 Å². The smallest absolute Gasteiger partial charge is 0.319 e. The van der Waals surface area contributed by atoms with Gasteiger partial charge in [-0.05, 0) is 74.6 Å².